The Morgan fingerprint density at radius 1 is 1.26 bits per heavy atom. The summed E-state index contributed by atoms with van der Waals surface area (Å²) in [6.45, 7) is 2.70. The molecule has 3 nitrogen and oxygen atoms in total. The fourth-order valence-corrected chi connectivity index (χ4v) is 3.36. The van der Waals surface area contributed by atoms with Gasteiger partial charge in [0.25, 0.3) is 0 Å². The lowest BCUT2D eigenvalue weighted by molar-refractivity contribution is -0.0911. The highest BCUT2D eigenvalue weighted by atomic mass is 16.5. The van der Waals surface area contributed by atoms with Crippen molar-refractivity contribution in [3.63, 3.8) is 0 Å². The van der Waals surface area contributed by atoms with E-state index in [2.05, 4.69) is 17.0 Å². The smallest absolute Gasteiger partial charge is 0.0995 e. The number of hydrogen-bond acceptors (Lipinski definition) is 3. The highest BCUT2D eigenvalue weighted by Crippen LogP contribution is 2.29. The molecule has 1 aliphatic heterocycles. The molecule has 2 atom stereocenters. The number of hydrogen-bond donors (Lipinski definition) is 0. The van der Waals surface area contributed by atoms with Crippen LogP contribution in [0.25, 0.3) is 0 Å². The molecule has 19 heavy (non-hydrogen) atoms. The van der Waals surface area contributed by atoms with Crippen molar-refractivity contribution in [2.75, 3.05) is 13.2 Å². The molecule has 1 aliphatic carbocycles. The van der Waals surface area contributed by atoms with E-state index in [-0.39, 0.29) is 0 Å². The first-order valence-electron chi connectivity index (χ1n) is 7.22. The van der Waals surface area contributed by atoms with Gasteiger partial charge in [-0.1, -0.05) is 31.0 Å². The van der Waals surface area contributed by atoms with E-state index in [1.54, 1.807) is 0 Å². The van der Waals surface area contributed by atoms with E-state index in [9.17, 15) is 5.26 Å². The Balaban J connectivity index is 1.76. The number of ether oxygens (including phenoxy) is 1. The molecule has 2 aliphatic rings. The number of benzene rings is 1. The summed E-state index contributed by atoms with van der Waals surface area (Å²) in [5.41, 5.74) is 1.96. The largest absolute Gasteiger partial charge is 0.375 e. The van der Waals surface area contributed by atoms with Gasteiger partial charge in [0.2, 0.25) is 0 Å². The monoisotopic (exact) mass is 256 g/mol. The second-order valence-electron chi connectivity index (χ2n) is 5.50. The van der Waals surface area contributed by atoms with Gasteiger partial charge in [-0.25, -0.2) is 0 Å². The Bertz CT molecular complexity index is 478. The maximum absolute atomic E-state index is 9.19. The van der Waals surface area contributed by atoms with Crippen LogP contribution in [0.1, 0.15) is 36.8 Å². The molecule has 0 aromatic heterocycles. The van der Waals surface area contributed by atoms with E-state index in [1.165, 1.54) is 25.7 Å². The van der Waals surface area contributed by atoms with Crippen molar-refractivity contribution in [1.29, 1.82) is 5.26 Å². The second-order valence-corrected chi connectivity index (χ2v) is 5.50. The molecule has 1 aromatic rings. The van der Waals surface area contributed by atoms with Crippen molar-refractivity contribution >= 4 is 0 Å². The van der Waals surface area contributed by atoms with Gasteiger partial charge >= 0.3 is 0 Å². The number of nitriles is 1. The van der Waals surface area contributed by atoms with E-state index in [1.807, 2.05) is 18.2 Å². The molecular formula is C16H20N2O. The van der Waals surface area contributed by atoms with Gasteiger partial charge in [0.05, 0.1) is 24.3 Å². The van der Waals surface area contributed by atoms with Crippen LogP contribution >= 0.6 is 0 Å². The van der Waals surface area contributed by atoms with Gasteiger partial charge in [-0.3, -0.25) is 4.90 Å². The average molecular weight is 256 g/mol. The minimum Gasteiger partial charge on any atom is -0.375 e. The van der Waals surface area contributed by atoms with Crippen LogP contribution in [0, 0.1) is 11.3 Å². The van der Waals surface area contributed by atoms with E-state index >= 15 is 0 Å². The van der Waals surface area contributed by atoms with Crippen LogP contribution in [-0.2, 0) is 11.3 Å². The van der Waals surface area contributed by atoms with Crippen molar-refractivity contribution in [3.05, 3.63) is 35.4 Å². The summed E-state index contributed by atoms with van der Waals surface area (Å²) in [5.74, 6) is 0. The Morgan fingerprint density at radius 3 is 3.00 bits per heavy atom. The third-order valence-electron chi connectivity index (χ3n) is 4.36. The molecule has 1 saturated heterocycles. The fourth-order valence-electron chi connectivity index (χ4n) is 3.36. The van der Waals surface area contributed by atoms with Gasteiger partial charge in [-0.05, 0) is 24.5 Å². The SMILES string of the molecule is N#Cc1ccccc1CN1CCO[C@@H]2CCCC[C@H]21. The predicted molar refractivity (Wildman–Crippen MR) is 73.6 cm³/mol. The molecule has 0 spiro atoms. The predicted octanol–water partition coefficient (Wildman–Crippen LogP) is 2.70. The lowest BCUT2D eigenvalue weighted by atomic mass is 9.89. The number of rotatable bonds is 2. The Kier molecular flexibility index (Phi) is 3.82. The van der Waals surface area contributed by atoms with Crippen molar-refractivity contribution in [1.82, 2.24) is 4.90 Å². The molecule has 1 heterocycles. The van der Waals surface area contributed by atoms with Crippen LogP contribution in [0.2, 0.25) is 0 Å². The molecule has 3 heteroatoms. The van der Waals surface area contributed by atoms with Crippen molar-refractivity contribution in [3.8, 4) is 6.07 Å². The van der Waals surface area contributed by atoms with Gasteiger partial charge in [0.15, 0.2) is 0 Å². The molecule has 2 fully saturated rings. The normalized spacial score (nSPS) is 27.5. The van der Waals surface area contributed by atoms with Crippen LogP contribution in [0.5, 0.6) is 0 Å². The number of fused-ring (bicyclic) bond motifs is 1. The molecule has 3 rings (SSSR count). The number of morpholine rings is 1. The molecule has 0 unspecified atom stereocenters. The summed E-state index contributed by atoms with van der Waals surface area (Å²) in [7, 11) is 0. The van der Waals surface area contributed by atoms with Crippen LogP contribution < -0.4 is 0 Å². The van der Waals surface area contributed by atoms with Gasteiger partial charge in [-0.15, -0.1) is 0 Å². The van der Waals surface area contributed by atoms with Crippen LogP contribution in [0.4, 0.5) is 0 Å². The van der Waals surface area contributed by atoms with E-state index in [0.29, 0.717) is 12.1 Å². The second kappa shape index (κ2) is 5.73. The third-order valence-corrected chi connectivity index (χ3v) is 4.36. The average Bonchev–Trinajstić information content (AvgIpc) is 2.48. The first kappa shape index (κ1) is 12.7. The number of nitrogens with zero attached hydrogens (tertiary/aromatic N) is 2. The molecule has 0 bridgehead atoms. The maximum Gasteiger partial charge on any atom is 0.0995 e. The zero-order valence-electron chi connectivity index (χ0n) is 11.2. The van der Waals surface area contributed by atoms with Crippen LogP contribution in [0.15, 0.2) is 24.3 Å². The first-order chi connectivity index (χ1) is 9.38. The van der Waals surface area contributed by atoms with Crippen LogP contribution in [0.3, 0.4) is 0 Å². The third kappa shape index (κ3) is 2.65. The summed E-state index contributed by atoms with van der Waals surface area (Å²) >= 11 is 0. The highest BCUT2D eigenvalue weighted by molar-refractivity contribution is 5.37. The summed E-state index contributed by atoms with van der Waals surface area (Å²) in [5, 5.41) is 9.19. The molecule has 100 valence electrons. The van der Waals surface area contributed by atoms with Crippen molar-refractivity contribution < 1.29 is 4.74 Å². The standard InChI is InChI=1S/C16H20N2O/c17-11-13-5-1-2-6-14(13)12-18-9-10-19-16-8-4-3-7-15(16)18/h1-2,5-6,15-16H,3-4,7-10,12H2/t15-,16-/m1/s1. The molecule has 1 saturated carbocycles. The molecule has 0 amide bonds. The van der Waals surface area contributed by atoms with E-state index in [0.717, 1.165) is 30.8 Å². The fraction of sp³-hybridized carbons (Fsp3) is 0.562. The quantitative estimate of drug-likeness (QED) is 0.816. The van der Waals surface area contributed by atoms with Gasteiger partial charge in [0.1, 0.15) is 0 Å². The van der Waals surface area contributed by atoms with E-state index < -0.39 is 0 Å². The maximum atomic E-state index is 9.19. The minimum atomic E-state index is 0.414. The van der Waals surface area contributed by atoms with Gasteiger partial charge in [0, 0.05) is 19.1 Å². The summed E-state index contributed by atoms with van der Waals surface area (Å²) in [4.78, 5) is 2.52. The van der Waals surface area contributed by atoms with Gasteiger partial charge in [-0.2, -0.15) is 5.26 Å². The molecule has 0 N–H and O–H groups in total. The van der Waals surface area contributed by atoms with Gasteiger partial charge < -0.3 is 4.74 Å². The Hall–Kier alpha value is -1.37. The highest BCUT2D eigenvalue weighted by Gasteiger charge is 2.34. The first-order valence-corrected chi connectivity index (χ1v) is 7.22. The lowest BCUT2D eigenvalue weighted by Gasteiger charge is -2.44. The Labute approximate surface area is 114 Å². The summed E-state index contributed by atoms with van der Waals surface area (Å²) < 4.78 is 5.90. The van der Waals surface area contributed by atoms with Crippen molar-refractivity contribution in [2.45, 2.75) is 44.4 Å². The zero-order chi connectivity index (χ0) is 13.1. The van der Waals surface area contributed by atoms with E-state index in [4.69, 9.17) is 4.74 Å². The molecule has 1 aromatic carbocycles. The molecule has 0 radical (unpaired) electrons. The van der Waals surface area contributed by atoms with Crippen LogP contribution in [-0.4, -0.2) is 30.2 Å². The topological polar surface area (TPSA) is 36.3 Å². The zero-order valence-corrected chi connectivity index (χ0v) is 11.2. The summed E-state index contributed by atoms with van der Waals surface area (Å²) in [6, 6.07) is 10.8. The Morgan fingerprint density at radius 2 is 2.11 bits per heavy atom. The van der Waals surface area contributed by atoms with Crippen molar-refractivity contribution in [2.24, 2.45) is 0 Å². The minimum absolute atomic E-state index is 0.414. The molecular weight excluding hydrogens is 236 g/mol. The lowest BCUT2D eigenvalue weighted by Crippen LogP contribution is -2.52. The summed E-state index contributed by atoms with van der Waals surface area (Å²) in [6.07, 6.45) is 5.45.